The number of hydrogen-bond donors (Lipinski definition) is 2. The highest BCUT2D eigenvalue weighted by Crippen LogP contribution is 2.24. The lowest BCUT2D eigenvalue weighted by Crippen LogP contribution is -2.47. The number of hydrogen-bond acceptors (Lipinski definition) is 4. The SMILES string of the molecule is O=C(O)CC1CSCCN1C(=O)c1cccc2cn[nH]c12. The Balaban J connectivity index is 1.92. The zero-order valence-electron chi connectivity index (χ0n) is 11.3. The Morgan fingerprint density at radius 2 is 2.33 bits per heavy atom. The van der Waals surface area contributed by atoms with Crippen LogP contribution in [0.25, 0.3) is 10.9 Å². The molecule has 1 aromatic heterocycles. The minimum atomic E-state index is -0.875. The van der Waals surface area contributed by atoms with Crippen LogP contribution in [0.4, 0.5) is 0 Å². The number of para-hydroxylation sites is 1. The summed E-state index contributed by atoms with van der Waals surface area (Å²) in [6, 6.07) is 5.20. The fourth-order valence-corrected chi connectivity index (χ4v) is 3.66. The van der Waals surface area contributed by atoms with Gasteiger partial charge in [-0.2, -0.15) is 16.9 Å². The van der Waals surface area contributed by atoms with Crippen LogP contribution in [-0.4, -0.2) is 56.2 Å². The van der Waals surface area contributed by atoms with Gasteiger partial charge in [-0.05, 0) is 6.07 Å². The Bertz CT molecular complexity index is 685. The van der Waals surface area contributed by atoms with Crippen molar-refractivity contribution < 1.29 is 14.7 Å². The van der Waals surface area contributed by atoms with Crippen LogP contribution >= 0.6 is 11.8 Å². The second-order valence-corrected chi connectivity index (χ2v) is 6.11. The third-order valence-electron chi connectivity index (χ3n) is 3.61. The largest absolute Gasteiger partial charge is 0.481 e. The first-order valence-electron chi connectivity index (χ1n) is 6.69. The van der Waals surface area contributed by atoms with E-state index in [-0.39, 0.29) is 18.4 Å². The third kappa shape index (κ3) is 2.73. The molecule has 1 atom stereocenters. The van der Waals surface area contributed by atoms with Crippen molar-refractivity contribution in [2.75, 3.05) is 18.1 Å². The average Bonchev–Trinajstić information content (AvgIpc) is 2.95. The van der Waals surface area contributed by atoms with E-state index in [4.69, 9.17) is 5.11 Å². The molecule has 1 fully saturated rings. The Hall–Kier alpha value is -2.02. The molecule has 7 heteroatoms. The molecule has 6 nitrogen and oxygen atoms in total. The lowest BCUT2D eigenvalue weighted by molar-refractivity contribution is -0.138. The summed E-state index contributed by atoms with van der Waals surface area (Å²) in [4.78, 5) is 25.4. The molecule has 1 unspecified atom stereocenters. The predicted octanol–water partition coefficient (Wildman–Crippen LogP) is 1.60. The first-order valence-corrected chi connectivity index (χ1v) is 7.85. The molecule has 0 radical (unpaired) electrons. The highest BCUT2D eigenvalue weighted by molar-refractivity contribution is 7.99. The highest BCUT2D eigenvalue weighted by atomic mass is 32.2. The van der Waals surface area contributed by atoms with Crippen molar-refractivity contribution in [1.82, 2.24) is 15.1 Å². The molecular weight excluding hydrogens is 290 g/mol. The minimum absolute atomic E-state index is 0.0162. The van der Waals surface area contributed by atoms with Crippen molar-refractivity contribution in [1.29, 1.82) is 0 Å². The number of carboxylic acids is 1. The van der Waals surface area contributed by atoms with Gasteiger partial charge in [0.25, 0.3) is 5.91 Å². The van der Waals surface area contributed by atoms with Crippen LogP contribution in [0.1, 0.15) is 16.8 Å². The second-order valence-electron chi connectivity index (χ2n) is 4.96. The number of benzene rings is 1. The van der Waals surface area contributed by atoms with Crippen LogP contribution in [0.15, 0.2) is 24.4 Å². The van der Waals surface area contributed by atoms with E-state index in [0.717, 1.165) is 11.1 Å². The summed E-state index contributed by atoms with van der Waals surface area (Å²) in [6.45, 7) is 0.575. The first kappa shape index (κ1) is 13.9. The molecular formula is C14H15N3O3S. The zero-order valence-corrected chi connectivity index (χ0v) is 12.1. The molecule has 0 aliphatic carbocycles. The Labute approximate surface area is 125 Å². The minimum Gasteiger partial charge on any atom is -0.481 e. The summed E-state index contributed by atoms with van der Waals surface area (Å²) in [5.41, 5.74) is 1.25. The van der Waals surface area contributed by atoms with E-state index in [1.807, 2.05) is 12.1 Å². The van der Waals surface area contributed by atoms with E-state index in [9.17, 15) is 9.59 Å². The maximum absolute atomic E-state index is 12.8. The molecule has 2 N–H and O–H groups in total. The first-order chi connectivity index (χ1) is 10.2. The van der Waals surface area contributed by atoms with Crippen molar-refractivity contribution in [2.24, 2.45) is 0 Å². The van der Waals surface area contributed by atoms with E-state index in [2.05, 4.69) is 10.2 Å². The second kappa shape index (κ2) is 5.77. The van der Waals surface area contributed by atoms with Crippen molar-refractivity contribution >= 4 is 34.5 Å². The number of nitrogens with one attached hydrogen (secondary N) is 1. The summed E-state index contributed by atoms with van der Waals surface area (Å²) < 4.78 is 0. The summed E-state index contributed by atoms with van der Waals surface area (Å²) in [5, 5.41) is 16.7. The number of nitrogens with zero attached hydrogens (tertiary/aromatic N) is 2. The predicted molar refractivity (Wildman–Crippen MR) is 80.5 cm³/mol. The van der Waals surface area contributed by atoms with Crippen molar-refractivity contribution in [3.05, 3.63) is 30.0 Å². The number of aromatic amines is 1. The molecule has 0 spiro atoms. The fourth-order valence-electron chi connectivity index (χ4n) is 2.59. The van der Waals surface area contributed by atoms with Gasteiger partial charge in [-0.15, -0.1) is 0 Å². The standard InChI is InChI=1S/C14H15N3O3S/c18-12(19)6-10-8-21-5-4-17(10)14(20)11-3-1-2-9-7-15-16-13(9)11/h1-3,7,10H,4-6,8H2,(H,15,16)(H,18,19). The maximum Gasteiger partial charge on any atom is 0.305 e. The third-order valence-corrected chi connectivity index (χ3v) is 4.70. The lowest BCUT2D eigenvalue weighted by Gasteiger charge is -2.34. The molecule has 0 bridgehead atoms. The number of aliphatic carboxylic acids is 1. The van der Waals surface area contributed by atoms with Gasteiger partial charge < -0.3 is 10.0 Å². The molecule has 2 aromatic rings. The van der Waals surface area contributed by atoms with Crippen LogP contribution in [0.3, 0.4) is 0 Å². The molecule has 0 saturated carbocycles. The van der Waals surface area contributed by atoms with Crippen molar-refractivity contribution in [3.8, 4) is 0 Å². The Kier molecular flexibility index (Phi) is 3.83. The summed E-state index contributed by atoms with van der Waals surface area (Å²) in [6.07, 6.45) is 1.66. The molecule has 1 amide bonds. The molecule has 1 aromatic carbocycles. The Morgan fingerprint density at radius 1 is 1.48 bits per heavy atom. The summed E-state index contributed by atoms with van der Waals surface area (Å²) in [5.74, 6) is 0.495. The zero-order chi connectivity index (χ0) is 14.8. The number of carboxylic acid groups (broad SMARTS) is 1. The van der Waals surface area contributed by atoms with Gasteiger partial charge in [0.15, 0.2) is 0 Å². The molecule has 1 saturated heterocycles. The quantitative estimate of drug-likeness (QED) is 0.899. The number of fused-ring (bicyclic) bond motifs is 1. The number of thioether (sulfide) groups is 1. The topological polar surface area (TPSA) is 86.3 Å². The van der Waals surface area contributed by atoms with E-state index in [1.54, 1.807) is 28.9 Å². The van der Waals surface area contributed by atoms with Crippen LogP contribution in [0.2, 0.25) is 0 Å². The molecule has 110 valence electrons. The van der Waals surface area contributed by atoms with Crippen LogP contribution in [0, 0.1) is 0 Å². The monoisotopic (exact) mass is 305 g/mol. The van der Waals surface area contributed by atoms with Gasteiger partial charge >= 0.3 is 5.97 Å². The normalized spacial score (nSPS) is 18.9. The van der Waals surface area contributed by atoms with Gasteiger partial charge in [0.1, 0.15) is 0 Å². The maximum atomic E-state index is 12.8. The van der Waals surface area contributed by atoms with E-state index < -0.39 is 5.97 Å². The van der Waals surface area contributed by atoms with Gasteiger partial charge in [-0.25, -0.2) is 0 Å². The average molecular weight is 305 g/mol. The lowest BCUT2D eigenvalue weighted by atomic mass is 10.1. The van der Waals surface area contributed by atoms with Crippen LogP contribution < -0.4 is 0 Å². The number of amides is 1. The Morgan fingerprint density at radius 3 is 3.14 bits per heavy atom. The number of carbonyl (C=O) groups is 2. The van der Waals surface area contributed by atoms with Crippen molar-refractivity contribution in [2.45, 2.75) is 12.5 Å². The van der Waals surface area contributed by atoms with Crippen molar-refractivity contribution in [3.63, 3.8) is 0 Å². The number of H-pyrrole nitrogens is 1. The van der Waals surface area contributed by atoms with Gasteiger partial charge in [-0.3, -0.25) is 14.7 Å². The molecule has 1 aliphatic rings. The van der Waals surface area contributed by atoms with Crippen LogP contribution in [0.5, 0.6) is 0 Å². The molecule has 3 rings (SSSR count). The highest BCUT2D eigenvalue weighted by Gasteiger charge is 2.30. The summed E-state index contributed by atoms with van der Waals surface area (Å²) >= 11 is 1.69. The fraction of sp³-hybridized carbons (Fsp3) is 0.357. The summed E-state index contributed by atoms with van der Waals surface area (Å²) in [7, 11) is 0. The molecule has 21 heavy (non-hydrogen) atoms. The van der Waals surface area contributed by atoms with E-state index in [1.165, 1.54) is 0 Å². The number of aromatic nitrogens is 2. The molecule has 2 heterocycles. The van der Waals surface area contributed by atoms with Gasteiger partial charge in [0.05, 0.1) is 29.7 Å². The smallest absolute Gasteiger partial charge is 0.305 e. The van der Waals surface area contributed by atoms with E-state index >= 15 is 0 Å². The van der Waals surface area contributed by atoms with Crippen LogP contribution in [-0.2, 0) is 4.79 Å². The van der Waals surface area contributed by atoms with Gasteiger partial charge in [0, 0.05) is 23.4 Å². The number of carbonyl (C=O) groups excluding carboxylic acids is 1. The number of rotatable bonds is 3. The van der Waals surface area contributed by atoms with Gasteiger partial charge in [0.2, 0.25) is 0 Å². The van der Waals surface area contributed by atoms with Gasteiger partial charge in [-0.1, -0.05) is 12.1 Å². The molecule has 1 aliphatic heterocycles. The van der Waals surface area contributed by atoms with E-state index in [0.29, 0.717) is 23.4 Å².